The van der Waals surface area contributed by atoms with Gasteiger partial charge in [-0.2, -0.15) is 13.2 Å². The summed E-state index contributed by atoms with van der Waals surface area (Å²) in [6, 6.07) is 10.5. The smallest absolute Gasteiger partial charge is 0.416 e. The van der Waals surface area contributed by atoms with E-state index in [0.29, 0.717) is 43.3 Å². The molecule has 1 N–H and O–H groups in total. The number of hydrogen-bond acceptors (Lipinski definition) is 4. The molecule has 0 saturated carbocycles. The van der Waals surface area contributed by atoms with Gasteiger partial charge in [0.2, 0.25) is 0 Å². The fourth-order valence-electron chi connectivity index (χ4n) is 2.66. The van der Waals surface area contributed by atoms with Gasteiger partial charge >= 0.3 is 12.1 Å². The van der Waals surface area contributed by atoms with Crippen molar-refractivity contribution in [1.82, 2.24) is 5.32 Å². The summed E-state index contributed by atoms with van der Waals surface area (Å²) in [6.45, 7) is 1.41. The van der Waals surface area contributed by atoms with Crippen LogP contribution >= 0.6 is 23.5 Å². The molecule has 0 bridgehead atoms. The van der Waals surface area contributed by atoms with Gasteiger partial charge in [0, 0.05) is 13.1 Å². The molecule has 0 fully saturated rings. The average molecular weight is 476 g/mol. The molecule has 168 valence electrons. The lowest BCUT2D eigenvalue weighted by atomic mass is 10.1. The number of aryl methyl sites for hydroxylation is 1. The number of carbonyl (C=O) groups excluding carboxylic acids is 1. The van der Waals surface area contributed by atoms with E-state index in [9.17, 15) is 18.0 Å². The second kappa shape index (κ2) is 12.6. The quantitative estimate of drug-likeness (QED) is 0.401. The van der Waals surface area contributed by atoms with E-state index < -0.39 is 17.7 Å². The van der Waals surface area contributed by atoms with E-state index in [2.05, 4.69) is 9.61 Å². The summed E-state index contributed by atoms with van der Waals surface area (Å²) in [4.78, 5) is 10.9. The number of carbonyl (C=O) groups is 1. The molecule has 0 heterocycles. The van der Waals surface area contributed by atoms with E-state index in [-0.39, 0.29) is 6.42 Å². The molecule has 4 nitrogen and oxygen atoms in total. The molecular formula is C22H22Cl2F3NO3. The van der Waals surface area contributed by atoms with Crippen LogP contribution in [0, 0.1) is 0 Å². The molecule has 0 amide bonds. The zero-order valence-electron chi connectivity index (χ0n) is 16.6. The summed E-state index contributed by atoms with van der Waals surface area (Å²) >= 11 is 11.2. The van der Waals surface area contributed by atoms with E-state index in [4.69, 9.17) is 28.2 Å². The molecule has 0 aromatic heterocycles. The van der Waals surface area contributed by atoms with Crippen LogP contribution in [0.5, 0.6) is 5.75 Å². The van der Waals surface area contributed by atoms with Crippen molar-refractivity contribution in [3.05, 3.63) is 70.3 Å². The lowest BCUT2D eigenvalue weighted by Crippen LogP contribution is -2.18. The normalized spacial score (nSPS) is 11.6. The van der Waals surface area contributed by atoms with Gasteiger partial charge < -0.3 is 14.3 Å². The summed E-state index contributed by atoms with van der Waals surface area (Å²) in [5.41, 5.74) is 0.993. The van der Waals surface area contributed by atoms with Crippen molar-refractivity contribution in [2.45, 2.75) is 25.4 Å². The summed E-state index contributed by atoms with van der Waals surface area (Å²) in [6.07, 6.45) is 0.860. The van der Waals surface area contributed by atoms with Gasteiger partial charge in [0.1, 0.15) is 17.6 Å². The van der Waals surface area contributed by atoms with E-state index in [1.165, 1.54) is 12.1 Å². The number of benzene rings is 2. The average Bonchev–Trinajstić information content (AvgIpc) is 2.74. The molecular weight excluding hydrogens is 454 g/mol. The second-order valence-electron chi connectivity index (χ2n) is 6.64. The lowest BCUT2D eigenvalue weighted by molar-refractivity contribution is -0.137. The van der Waals surface area contributed by atoms with Crippen LogP contribution in [0.4, 0.5) is 13.2 Å². The van der Waals surface area contributed by atoms with Crippen molar-refractivity contribution in [2.24, 2.45) is 0 Å². The highest BCUT2D eigenvalue weighted by molar-refractivity contribution is 6.32. The maximum Gasteiger partial charge on any atom is 0.416 e. The topological polar surface area (TPSA) is 47.6 Å². The predicted molar refractivity (Wildman–Crippen MR) is 115 cm³/mol. The first-order chi connectivity index (χ1) is 14.8. The van der Waals surface area contributed by atoms with Crippen LogP contribution in [0.15, 0.2) is 48.5 Å². The monoisotopic (exact) mass is 475 g/mol. The van der Waals surface area contributed by atoms with E-state index >= 15 is 0 Å². The summed E-state index contributed by atoms with van der Waals surface area (Å²) < 4.78 is 47.4. The lowest BCUT2D eigenvalue weighted by Gasteiger charge is -2.09. The van der Waals surface area contributed by atoms with Crippen molar-refractivity contribution in [3.8, 4) is 5.75 Å². The third-order valence-corrected chi connectivity index (χ3v) is 4.78. The molecule has 0 radical (unpaired) electrons. The van der Waals surface area contributed by atoms with Crippen LogP contribution in [-0.4, -0.2) is 25.7 Å². The van der Waals surface area contributed by atoms with Crippen molar-refractivity contribution < 1.29 is 27.0 Å². The van der Waals surface area contributed by atoms with Gasteiger partial charge in [-0.15, -0.1) is 0 Å². The molecule has 0 aliphatic heterocycles. The Hall–Kier alpha value is -2.22. The Balaban J connectivity index is 1.71. The first kappa shape index (κ1) is 25.0. The fourth-order valence-corrected chi connectivity index (χ4v) is 2.97. The van der Waals surface area contributed by atoms with Crippen molar-refractivity contribution in [3.63, 3.8) is 0 Å². The Morgan fingerprint density at radius 1 is 1.13 bits per heavy atom. The minimum atomic E-state index is -4.32. The Labute approximate surface area is 189 Å². The van der Waals surface area contributed by atoms with Gasteiger partial charge in [-0.25, -0.2) is 0 Å². The van der Waals surface area contributed by atoms with Crippen LogP contribution in [0.2, 0.25) is 5.02 Å². The Bertz CT molecular complexity index is 871. The van der Waals surface area contributed by atoms with Crippen molar-refractivity contribution >= 4 is 35.5 Å². The van der Waals surface area contributed by atoms with E-state index in [1.54, 1.807) is 12.1 Å². The van der Waals surface area contributed by atoms with Crippen molar-refractivity contribution in [1.29, 1.82) is 0 Å². The molecule has 9 heteroatoms. The molecule has 31 heavy (non-hydrogen) atoms. The van der Waals surface area contributed by atoms with Crippen LogP contribution in [0.1, 0.15) is 29.5 Å². The summed E-state index contributed by atoms with van der Waals surface area (Å²) in [5.74, 6) is 0.128. The third-order valence-electron chi connectivity index (χ3n) is 4.28. The number of hydrogen-bond donors (Lipinski definition) is 1. The molecule has 0 aliphatic carbocycles. The molecule has 0 aliphatic rings. The van der Waals surface area contributed by atoms with Crippen LogP contribution in [0.25, 0.3) is 6.08 Å². The second-order valence-corrected chi connectivity index (χ2v) is 7.20. The zero-order valence-corrected chi connectivity index (χ0v) is 18.1. The Morgan fingerprint density at radius 2 is 1.87 bits per heavy atom. The SMILES string of the molecule is O=C(CCNC/C=C/c1ccc(OCCCc2ccc(C(F)(F)F)cc2)cc1Cl)OCl. The first-order valence-electron chi connectivity index (χ1n) is 9.57. The molecule has 0 atom stereocenters. The minimum absolute atomic E-state index is 0.184. The van der Waals surface area contributed by atoms with Gasteiger partial charge in [-0.1, -0.05) is 35.9 Å². The Kier molecular flexibility index (Phi) is 10.2. The third kappa shape index (κ3) is 9.21. The van der Waals surface area contributed by atoms with Gasteiger partial charge in [0.05, 0.1) is 23.6 Å². The zero-order chi connectivity index (χ0) is 22.7. The number of halogens is 5. The molecule has 0 saturated heterocycles. The number of alkyl halides is 3. The highest BCUT2D eigenvalue weighted by Crippen LogP contribution is 2.29. The molecule has 2 rings (SSSR count). The molecule has 0 unspecified atom stereocenters. The number of rotatable bonds is 11. The first-order valence-corrected chi connectivity index (χ1v) is 10.3. The van der Waals surface area contributed by atoms with Crippen LogP contribution in [-0.2, 0) is 21.7 Å². The maximum atomic E-state index is 12.6. The van der Waals surface area contributed by atoms with Gasteiger partial charge in [-0.3, -0.25) is 4.79 Å². The van der Waals surface area contributed by atoms with E-state index in [0.717, 1.165) is 23.3 Å². The summed E-state index contributed by atoms with van der Waals surface area (Å²) in [7, 11) is 0. The number of nitrogens with one attached hydrogen (secondary N) is 1. The van der Waals surface area contributed by atoms with Crippen LogP contribution in [0.3, 0.4) is 0 Å². The van der Waals surface area contributed by atoms with E-state index in [1.807, 2.05) is 18.2 Å². The van der Waals surface area contributed by atoms with Gasteiger partial charge in [0.25, 0.3) is 0 Å². The molecule has 2 aromatic rings. The fraction of sp³-hybridized carbons (Fsp3) is 0.318. The maximum absolute atomic E-state index is 12.6. The predicted octanol–water partition coefficient (Wildman–Crippen LogP) is 6.06. The standard InChI is InChI=1S/C22H22Cl2F3NO3/c23-20-15-19(10-7-17(20)4-1-12-28-13-11-21(29)31-24)30-14-2-3-16-5-8-18(9-6-16)22(25,26)27/h1,4-10,15,28H,2-3,11-14H2/b4-1+. The van der Waals surface area contributed by atoms with Gasteiger partial charge in [-0.05, 0) is 54.3 Å². The highest BCUT2D eigenvalue weighted by Gasteiger charge is 2.29. The largest absolute Gasteiger partial charge is 0.494 e. The summed E-state index contributed by atoms with van der Waals surface area (Å²) in [5, 5.41) is 3.57. The molecule has 0 spiro atoms. The highest BCUT2D eigenvalue weighted by atomic mass is 35.5. The Morgan fingerprint density at radius 3 is 2.52 bits per heavy atom. The van der Waals surface area contributed by atoms with Crippen molar-refractivity contribution in [2.75, 3.05) is 19.7 Å². The van der Waals surface area contributed by atoms with Crippen LogP contribution < -0.4 is 10.1 Å². The van der Waals surface area contributed by atoms with Gasteiger partial charge in [0.15, 0.2) is 0 Å². The minimum Gasteiger partial charge on any atom is -0.494 e. The number of ether oxygens (including phenoxy) is 1. The molecule has 2 aromatic carbocycles.